The molecule has 2 nitrogen and oxygen atoms in total. The second-order valence-electron chi connectivity index (χ2n) is 7.06. The Labute approximate surface area is 130 Å². The van der Waals surface area contributed by atoms with Gasteiger partial charge in [0.2, 0.25) is 0 Å². The van der Waals surface area contributed by atoms with Crippen molar-refractivity contribution in [2.24, 2.45) is 23.6 Å². The van der Waals surface area contributed by atoms with E-state index in [0.717, 1.165) is 18.3 Å². The number of hydrazine groups is 1. The lowest BCUT2D eigenvalue weighted by atomic mass is 9.73. The zero-order chi connectivity index (χ0) is 15.2. The Hall–Kier alpha value is -0.860. The van der Waals surface area contributed by atoms with Crippen molar-refractivity contribution in [2.45, 2.75) is 65.3 Å². The molecule has 1 aliphatic carbocycles. The number of nitrogens with one attached hydrogen (secondary N) is 1. The van der Waals surface area contributed by atoms with E-state index in [9.17, 15) is 0 Å². The lowest BCUT2D eigenvalue weighted by Crippen LogP contribution is -2.35. The number of rotatable bonds is 6. The van der Waals surface area contributed by atoms with Crippen LogP contribution < -0.4 is 11.3 Å². The van der Waals surface area contributed by atoms with Gasteiger partial charge < -0.3 is 0 Å². The molecule has 2 rings (SSSR count). The summed E-state index contributed by atoms with van der Waals surface area (Å²) in [7, 11) is 0. The minimum Gasteiger partial charge on any atom is -0.271 e. The number of aryl methyl sites for hydroxylation is 1. The van der Waals surface area contributed by atoms with Gasteiger partial charge in [0.1, 0.15) is 0 Å². The Bertz CT molecular complexity index is 419. The fourth-order valence-corrected chi connectivity index (χ4v) is 3.88. The third kappa shape index (κ3) is 4.31. The first-order chi connectivity index (χ1) is 10.2. The van der Waals surface area contributed by atoms with Crippen molar-refractivity contribution in [1.29, 1.82) is 0 Å². The van der Waals surface area contributed by atoms with Crippen molar-refractivity contribution < 1.29 is 0 Å². The summed E-state index contributed by atoms with van der Waals surface area (Å²) in [4.78, 5) is 0. The standard InChI is InChI=1S/C19H32N2/c1-4-6-15-7-5-8-18(13-15)19(21-20)17-11-9-16(10-12-17)14(2)3/h5,7-8,13-14,16-17,19,21H,4,6,9-12,20H2,1-3H3. The van der Waals surface area contributed by atoms with E-state index >= 15 is 0 Å². The molecule has 0 amide bonds. The molecular formula is C19H32N2. The van der Waals surface area contributed by atoms with Crippen LogP contribution in [-0.4, -0.2) is 0 Å². The van der Waals surface area contributed by atoms with Crippen LogP contribution in [0.2, 0.25) is 0 Å². The van der Waals surface area contributed by atoms with Gasteiger partial charge in [0.25, 0.3) is 0 Å². The van der Waals surface area contributed by atoms with Crippen molar-refractivity contribution in [1.82, 2.24) is 5.43 Å². The monoisotopic (exact) mass is 288 g/mol. The van der Waals surface area contributed by atoms with Gasteiger partial charge in [-0.3, -0.25) is 11.3 Å². The highest BCUT2D eigenvalue weighted by atomic mass is 15.2. The summed E-state index contributed by atoms with van der Waals surface area (Å²) in [6.45, 7) is 6.95. The first-order valence-electron chi connectivity index (χ1n) is 8.70. The summed E-state index contributed by atoms with van der Waals surface area (Å²) in [6.07, 6.45) is 7.67. The Morgan fingerprint density at radius 1 is 1.14 bits per heavy atom. The third-order valence-electron chi connectivity index (χ3n) is 5.26. The van der Waals surface area contributed by atoms with Gasteiger partial charge in [-0.1, -0.05) is 51.5 Å². The number of benzene rings is 1. The lowest BCUT2D eigenvalue weighted by Gasteiger charge is -2.35. The van der Waals surface area contributed by atoms with E-state index < -0.39 is 0 Å². The van der Waals surface area contributed by atoms with Gasteiger partial charge in [0.15, 0.2) is 0 Å². The van der Waals surface area contributed by atoms with E-state index in [0.29, 0.717) is 12.0 Å². The van der Waals surface area contributed by atoms with Gasteiger partial charge >= 0.3 is 0 Å². The quantitative estimate of drug-likeness (QED) is 0.593. The van der Waals surface area contributed by atoms with Crippen molar-refractivity contribution in [2.75, 3.05) is 0 Å². The fraction of sp³-hybridized carbons (Fsp3) is 0.684. The third-order valence-corrected chi connectivity index (χ3v) is 5.26. The molecular weight excluding hydrogens is 256 g/mol. The normalized spacial score (nSPS) is 24.2. The largest absolute Gasteiger partial charge is 0.271 e. The first kappa shape index (κ1) is 16.5. The van der Waals surface area contributed by atoms with Gasteiger partial charge in [-0.05, 0) is 61.0 Å². The van der Waals surface area contributed by atoms with Crippen LogP contribution in [-0.2, 0) is 6.42 Å². The molecule has 1 fully saturated rings. The molecule has 0 saturated heterocycles. The maximum absolute atomic E-state index is 5.90. The fourth-order valence-electron chi connectivity index (χ4n) is 3.88. The molecule has 1 aliphatic rings. The summed E-state index contributed by atoms with van der Waals surface area (Å²) in [6, 6.07) is 9.32. The summed E-state index contributed by atoms with van der Waals surface area (Å²) in [5.41, 5.74) is 5.91. The Morgan fingerprint density at radius 3 is 2.38 bits per heavy atom. The number of nitrogens with two attached hydrogens (primary N) is 1. The molecule has 2 heteroatoms. The van der Waals surface area contributed by atoms with Crippen molar-refractivity contribution in [3.8, 4) is 0 Å². The van der Waals surface area contributed by atoms with Crippen LogP contribution in [0.25, 0.3) is 0 Å². The van der Waals surface area contributed by atoms with Crippen molar-refractivity contribution >= 4 is 0 Å². The highest BCUT2D eigenvalue weighted by Crippen LogP contribution is 2.39. The molecule has 118 valence electrons. The van der Waals surface area contributed by atoms with E-state index in [1.54, 1.807) is 0 Å². The van der Waals surface area contributed by atoms with E-state index in [4.69, 9.17) is 5.84 Å². The van der Waals surface area contributed by atoms with Crippen LogP contribution in [0.4, 0.5) is 0 Å². The van der Waals surface area contributed by atoms with Gasteiger partial charge in [0, 0.05) is 6.04 Å². The second kappa shape index (κ2) is 7.95. The Balaban J connectivity index is 2.04. The van der Waals surface area contributed by atoms with Crippen LogP contribution in [0.5, 0.6) is 0 Å². The van der Waals surface area contributed by atoms with Crippen LogP contribution in [0, 0.1) is 17.8 Å². The topological polar surface area (TPSA) is 38.0 Å². The maximum atomic E-state index is 5.90. The SMILES string of the molecule is CCCc1cccc(C(NN)C2CCC(C(C)C)CC2)c1. The van der Waals surface area contributed by atoms with E-state index in [-0.39, 0.29) is 0 Å². The minimum atomic E-state index is 0.315. The van der Waals surface area contributed by atoms with E-state index in [1.807, 2.05) is 0 Å². The molecule has 1 aromatic carbocycles. The Kier molecular flexibility index (Phi) is 6.25. The molecule has 1 atom stereocenters. The van der Waals surface area contributed by atoms with Crippen LogP contribution >= 0.6 is 0 Å². The molecule has 0 radical (unpaired) electrons. The first-order valence-corrected chi connectivity index (χ1v) is 8.70. The summed E-state index contributed by atoms with van der Waals surface area (Å²) in [5.74, 6) is 8.32. The zero-order valence-corrected chi connectivity index (χ0v) is 13.9. The molecule has 0 heterocycles. The average Bonchev–Trinajstić information content (AvgIpc) is 2.49. The highest BCUT2D eigenvalue weighted by molar-refractivity contribution is 5.26. The average molecular weight is 288 g/mol. The molecule has 1 unspecified atom stereocenters. The van der Waals surface area contributed by atoms with E-state index in [2.05, 4.69) is 50.5 Å². The minimum absolute atomic E-state index is 0.315. The summed E-state index contributed by atoms with van der Waals surface area (Å²) < 4.78 is 0. The van der Waals surface area contributed by atoms with E-state index in [1.165, 1.54) is 43.2 Å². The second-order valence-corrected chi connectivity index (χ2v) is 7.06. The molecule has 1 aromatic rings. The van der Waals surface area contributed by atoms with Crippen molar-refractivity contribution in [3.05, 3.63) is 35.4 Å². The molecule has 21 heavy (non-hydrogen) atoms. The summed E-state index contributed by atoms with van der Waals surface area (Å²) in [5, 5.41) is 0. The molecule has 0 spiro atoms. The van der Waals surface area contributed by atoms with Crippen LogP contribution in [0.15, 0.2) is 24.3 Å². The van der Waals surface area contributed by atoms with Gasteiger partial charge in [-0.25, -0.2) is 0 Å². The summed E-state index contributed by atoms with van der Waals surface area (Å²) >= 11 is 0. The zero-order valence-electron chi connectivity index (χ0n) is 13.9. The molecule has 0 bridgehead atoms. The molecule has 1 saturated carbocycles. The van der Waals surface area contributed by atoms with Crippen LogP contribution in [0.3, 0.4) is 0 Å². The maximum Gasteiger partial charge on any atom is 0.0488 e. The smallest absolute Gasteiger partial charge is 0.0488 e. The molecule has 0 aliphatic heterocycles. The predicted molar refractivity (Wildman–Crippen MR) is 90.8 cm³/mol. The molecule has 3 N–H and O–H groups in total. The number of hydrogen-bond donors (Lipinski definition) is 2. The number of hydrogen-bond acceptors (Lipinski definition) is 2. The predicted octanol–water partition coefficient (Wildman–Crippen LogP) is 4.61. The van der Waals surface area contributed by atoms with Crippen molar-refractivity contribution in [3.63, 3.8) is 0 Å². The lowest BCUT2D eigenvalue weighted by molar-refractivity contribution is 0.189. The van der Waals surface area contributed by atoms with Gasteiger partial charge in [-0.15, -0.1) is 0 Å². The van der Waals surface area contributed by atoms with Gasteiger partial charge in [0.05, 0.1) is 0 Å². The highest BCUT2D eigenvalue weighted by Gasteiger charge is 2.29. The van der Waals surface area contributed by atoms with Crippen LogP contribution in [0.1, 0.15) is 70.0 Å². The Morgan fingerprint density at radius 2 is 1.81 bits per heavy atom. The van der Waals surface area contributed by atoms with Gasteiger partial charge in [-0.2, -0.15) is 0 Å². The molecule has 0 aromatic heterocycles.